The van der Waals surface area contributed by atoms with Crippen LogP contribution in [0, 0.1) is 6.92 Å². The van der Waals surface area contributed by atoms with Crippen LogP contribution >= 0.6 is 0 Å². The summed E-state index contributed by atoms with van der Waals surface area (Å²) in [5.74, 6) is 2.42. The summed E-state index contributed by atoms with van der Waals surface area (Å²) >= 11 is 0. The standard InChI is InChI=1S/C14H14N2O2/c1-9-7-16-14(18-9)5-10-8-15-13-4-3-11(17-2)6-12(10)13/h3-4,6-8,15H,5H2,1-2H3. The number of aromatic nitrogens is 2. The number of aryl methyl sites for hydroxylation is 1. The fourth-order valence-electron chi connectivity index (χ4n) is 2.08. The number of fused-ring (bicyclic) bond motifs is 1. The Labute approximate surface area is 105 Å². The van der Waals surface area contributed by atoms with Crippen molar-refractivity contribution in [2.24, 2.45) is 0 Å². The van der Waals surface area contributed by atoms with Crippen LogP contribution in [0.3, 0.4) is 0 Å². The lowest BCUT2D eigenvalue weighted by molar-refractivity contribution is 0.415. The predicted octanol–water partition coefficient (Wildman–Crippen LogP) is 3.06. The fourth-order valence-corrected chi connectivity index (χ4v) is 2.08. The van der Waals surface area contributed by atoms with Crippen LogP contribution < -0.4 is 4.74 Å². The molecule has 2 aromatic heterocycles. The van der Waals surface area contributed by atoms with Gasteiger partial charge in [-0.25, -0.2) is 4.98 Å². The molecule has 92 valence electrons. The summed E-state index contributed by atoms with van der Waals surface area (Å²) in [6.07, 6.45) is 4.41. The minimum atomic E-state index is 0.682. The topological polar surface area (TPSA) is 51.0 Å². The van der Waals surface area contributed by atoms with E-state index in [1.807, 2.05) is 31.3 Å². The maximum absolute atomic E-state index is 5.51. The molecule has 0 atom stereocenters. The second kappa shape index (κ2) is 4.22. The summed E-state index contributed by atoms with van der Waals surface area (Å²) in [6, 6.07) is 5.98. The molecule has 0 aliphatic heterocycles. The van der Waals surface area contributed by atoms with Gasteiger partial charge in [-0.3, -0.25) is 0 Å². The van der Waals surface area contributed by atoms with Crippen LogP contribution in [0.1, 0.15) is 17.2 Å². The van der Waals surface area contributed by atoms with E-state index < -0.39 is 0 Å². The van der Waals surface area contributed by atoms with Gasteiger partial charge in [0.15, 0.2) is 5.89 Å². The lowest BCUT2D eigenvalue weighted by Gasteiger charge is -2.00. The third-order valence-corrected chi connectivity index (χ3v) is 2.99. The Kier molecular flexibility index (Phi) is 2.55. The second-order valence-corrected chi connectivity index (χ2v) is 4.27. The van der Waals surface area contributed by atoms with E-state index in [1.54, 1.807) is 13.3 Å². The molecule has 2 heterocycles. The number of oxazole rings is 1. The summed E-state index contributed by atoms with van der Waals surface area (Å²) in [6.45, 7) is 1.90. The molecule has 1 aromatic carbocycles. The molecular weight excluding hydrogens is 228 g/mol. The van der Waals surface area contributed by atoms with Gasteiger partial charge in [-0.2, -0.15) is 0 Å². The average molecular weight is 242 g/mol. The van der Waals surface area contributed by atoms with Gasteiger partial charge in [-0.1, -0.05) is 0 Å². The van der Waals surface area contributed by atoms with E-state index in [0.717, 1.165) is 33.9 Å². The molecule has 3 aromatic rings. The SMILES string of the molecule is COc1ccc2[nH]cc(Cc3ncc(C)o3)c2c1. The molecule has 0 aliphatic carbocycles. The van der Waals surface area contributed by atoms with E-state index in [2.05, 4.69) is 9.97 Å². The van der Waals surface area contributed by atoms with Crippen molar-refractivity contribution in [1.82, 2.24) is 9.97 Å². The van der Waals surface area contributed by atoms with Gasteiger partial charge in [0, 0.05) is 17.1 Å². The summed E-state index contributed by atoms with van der Waals surface area (Å²) in [7, 11) is 1.67. The zero-order valence-corrected chi connectivity index (χ0v) is 10.4. The van der Waals surface area contributed by atoms with Gasteiger partial charge < -0.3 is 14.1 Å². The highest BCUT2D eigenvalue weighted by Crippen LogP contribution is 2.25. The van der Waals surface area contributed by atoms with Crippen LogP contribution in [-0.4, -0.2) is 17.1 Å². The number of nitrogens with one attached hydrogen (secondary N) is 1. The quantitative estimate of drug-likeness (QED) is 0.768. The number of aromatic amines is 1. The molecule has 4 heteroatoms. The molecule has 0 bridgehead atoms. The van der Waals surface area contributed by atoms with Crippen molar-refractivity contribution in [1.29, 1.82) is 0 Å². The molecule has 18 heavy (non-hydrogen) atoms. The molecule has 0 unspecified atom stereocenters. The van der Waals surface area contributed by atoms with E-state index in [0.29, 0.717) is 6.42 Å². The van der Waals surface area contributed by atoms with Crippen LogP contribution in [-0.2, 0) is 6.42 Å². The number of methoxy groups -OCH3 is 1. The van der Waals surface area contributed by atoms with Gasteiger partial charge >= 0.3 is 0 Å². The minimum Gasteiger partial charge on any atom is -0.497 e. The van der Waals surface area contributed by atoms with Gasteiger partial charge in [0.2, 0.25) is 0 Å². The van der Waals surface area contributed by atoms with Gasteiger partial charge in [-0.15, -0.1) is 0 Å². The highest BCUT2D eigenvalue weighted by molar-refractivity contribution is 5.84. The molecule has 0 aliphatic rings. The van der Waals surface area contributed by atoms with E-state index in [-0.39, 0.29) is 0 Å². The molecule has 3 rings (SSSR count). The average Bonchev–Trinajstić information content (AvgIpc) is 2.96. The summed E-state index contributed by atoms with van der Waals surface area (Å²) in [4.78, 5) is 7.47. The number of hydrogen-bond acceptors (Lipinski definition) is 3. The van der Waals surface area contributed by atoms with E-state index in [9.17, 15) is 0 Å². The van der Waals surface area contributed by atoms with Crippen LogP contribution in [0.5, 0.6) is 5.75 Å². The lowest BCUT2D eigenvalue weighted by atomic mass is 10.1. The van der Waals surface area contributed by atoms with Gasteiger partial charge in [0.25, 0.3) is 0 Å². The Balaban J connectivity index is 2.01. The first kappa shape index (κ1) is 10.9. The van der Waals surface area contributed by atoms with E-state index in [4.69, 9.17) is 9.15 Å². The summed E-state index contributed by atoms with van der Waals surface area (Å²) < 4.78 is 10.8. The van der Waals surface area contributed by atoms with E-state index in [1.165, 1.54) is 0 Å². The minimum absolute atomic E-state index is 0.682. The molecule has 0 spiro atoms. The van der Waals surface area contributed by atoms with E-state index >= 15 is 0 Å². The van der Waals surface area contributed by atoms with Gasteiger partial charge in [0.1, 0.15) is 11.5 Å². The predicted molar refractivity (Wildman–Crippen MR) is 68.9 cm³/mol. The number of ether oxygens (including phenoxy) is 1. The normalized spacial score (nSPS) is 11.0. The Morgan fingerprint density at radius 2 is 2.28 bits per heavy atom. The smallest absolute Gasteiger partial charge is 0.198 e. The zero-order valence-electron chi connectivity index (χ0n) is 10.4. The Morgan fingerprint density at radius 3 is 3.00 bits per heavy atom. The first-order chi connectivity index (χ1) is 8.76. The molecule has 4 nitrogen and oxygen atoms in total. The monoisotopic (exact) mass is 242 g/mol. The third kappa shape index (κ3) is 1.86. The first-order valence-corrected chi connectivity index (χ1v) is 5.81. The van der Waals surface area contributed by atoms with Gasteiger partial charge in [-0.05, 0) is 30.7 Å². The van der Waals surface area contributed by atoms with Crippen molar-refractivity contribution in [3.63, 3.8) is 0 Å². The van der Waals surface area contributed by atoms with Crippen molar-refractivity contribution < 1.29 is 9.15 Å². The Bertz CT molecular complexity index is 682. The van der Waals surface area contributed by atoms with Crippen LogP contribution in [0.15, 0.2) is 35.0 Å². The molecule has 0 fully saturated rings. The Morgan fingerprint density at radius 1 is 1.39 bits per heavy atom. The van der Waals surface area contributed by atoms with Gasteiger partial charge in [0.05, 0.1) is 19.7 Å². The lowest BCUT2D eigenvalue weighted by Crippen LogP contribution is -1.87. The Hall–Kier alpha value is -2.23. The highest BCUT2D eigenvalue weighted by Gasteiger charge is 2.08. The van der Waals surface area contributed by atoms with Crippen molar-refractivity contribution in [3.05, 3.63) is 47.8 Å². The number of rotatable bonds is 3. The van der Waals surface area contributed by atoms with Crippen molar-refractivity contribution in [2.45, 2.75) is 13.3 Å². The highest BCUT2D eigenvalue weighted by atomic mass is 16.5. The van der Waals surface area contributed by atoms with Crippen LogP contribution in [0.25, 0.3) is 10.9 Å². The number of benzene rings is 1. The molecule has 0 saturated carbocycles. The molecule has 0 saturated heterocycles. The van der Waals surface area contributed by atoms with Crippen molar-refractivity contribution in [3.8, 4) is 5.75 Å². The van der Waals surface area contributed by atoms with Crippen molar-refractivity contribution in [2.75, 3.05) is 7.11 Å². The summed E-state index contributed by atoms with van der Waals surface area (Å²) in [5, 5.41) is 1.14. The maximum atomic E-state index is 5.51. The third-order valence-electron chi connectivity index (χ3n) is 2.99. The van der Waals surface area contributed by atoms with Crippen LogP contribution in [0.2, 0.25) is 0 Å². The number of hydrogen-bond donors (Lipinski definition) is 1. The molecule has 1 N–H and O–H groups in total. The first-order valence-electron chi connectivity index (χ1n) is 5.81. The molecule has 0 radical (unpaired) electrons. The van der Waals surface area contributed by atoms with Crippen molar-refractivity contribution >= 4 is 10.9 Å². The molecular formula is C14H14N2O2. The number of H-pyrrole nitrogens is 1. The fraction of sp³-hybridized carbons (Fsp3) is 0.214. The largest absolute Gasteiger partial charge is 0.497 e. The number of nitrogens with zero attached hydrogens (tertiary/aromatic N) is 1. The second-order valence-electron chi connectivity index (χ2n) is 4.27. The molecule has 0 amide bonds. The zero-order chi connectivity index (χ0) is 12.5. The van der Waals surface area contributed by atoms with Crippen LogP contribution in [0.4, 0.5) is 0 Å². The summed E-state index contributed by atoms with van der Waals surface area (Å²) in [5.41, 5.74) is 2.25. The maximum Gasteiger partial charge on any atom is 0.198 e.